The topological polar surface area (TPSA) is 87.0 Å². The molecule has 4 atom stereocenters. The molecule has 3 N–H and O–H groups in total. The zero-order valence-corrected chi connectivity index (χ0v) is 20.4. The van der Waals surface area contributed by atoms with E-state index in [1.807, 2.05) is 13.8 Å². The molecule has 0 saturated carbocycles. The Morgan fingerprint density at radius 3 is 1.84 bits per heavy atom. The molecule has 0 bridgehead atoms. The summed E-state index contributed by atoms with van der Waals surface area (Å²) < 4.78 is 4.89. The molecule has 0 radical (unpaired) electrons. The standard InChI is InChI=1S/C26H50O5/c1-4-6-7-8-9-10-11-12-13-14-15-16-17-18-19-20-25(29)31-26(30)24(28)21-23(27)22(3)5-2/h12-13,22-24,26-28,30H,4-11,14-21H2,1-3H3/b13-12-. The van der Waals surface area contributed by atoms with Gasteiger partial charge in [0.1, 0.15) is 6.10 Å². The number of carbonyl (C=O) groups excluding carboxylic acids is 1. The number of hydrogen-bond donors (Lipinski definition) is 3. The van der Waals surface area contributed by atoms with Crippen LogP contribution in [0.2, 0.25) is 0 Å². The minimum atomic E-state index is -1.57. The third kappa shape index (κ3) is 18.4. The molecule has 0 aromatic heterocycles. The Balaban J connectivity index is 3.58. The highest BCUT2D eigenvalue weighted by Gasteiger charge is 2.25. The molecule has 0 fully saturated rings. The molecule has 31 heavy (non-hydrogen) atoms. The maximum absolute atomic E-state index is 11.8. The Labute approximate surface area is 191 Å². The maximum Gasteiger partial charge on any atom is 0.308 e. The van der Waals surface area contributed by atoms with Gasteiger partial charge in [-0.25, -0.2) is 0 Å². The Bertz CT molecular complexity index is 438. The van der Waals surface area contributed by atoms with Crippen LogP contribution in [0.15, 0.2) is 12.2 Å². The molecule has 4 unspecified atom stereocenters. The van der Waals surface area contributed by atoms with Crippen molar-refractivity contribution in [2.75, 3.05) is 0 Å². The van der Waals surface area contributed by atoms with Crippen molar-refractivity contribution in [1.82, 2.24) is 0 Å². The summed E-state index contributed by atoms with van der Waals surface area (Å²) in [5, 5.41) is 29.6. The lowest BCUT2D eigenvalue weighted by Crippen LogP contribution is -2.35. The minimum Gasteiger partial charge on any atom is -0.433 e. The van der Waals surface area contributed by atoms with Gasteiger partial charge in [-0.3, -0.25) is 4.79 Å². The molecule has 5 heteroatoms. The number of rotatable bonds is 21. The van der Waals surface area contributed by atoms with E-state index >= 15 is 0 Å². The van der Waals surface area contributed by atoms with E-state index in [0.717, 1.165) is 38.5 Å². The van der Waals surface area contributed by atoms with Crippen LogP contribution in [0.5, 0.6) is 0 Å². The highest BCUT2D eigenvalue weighted by molar-refractivity contribution is 5.69. The molecular formula is C26H50O5. The second kappa shape index (κ2) is 21.0. The number of ether oxygens (including phenoxy) is 1. The third-order valence-electron chi connectivity index (χ3n) is 6.01. The lowest BCUT2D eigenvalue weighted by Gasteiger charge is -2.23. The second-order valence-electron chi connectivity index (χ2n) is 8.97. The van der Waals surface area contributed by atoms with Crippen LogP contribution in [0.4, 0.5) is 0 Å². The molecule has 0 heterocycles. The van der Waals surface area contributed by atoms with Gasteiger partial charge in [0.2, 0.25) is 6.29 Å². The first-order chi connectivity index (χ1) is 14.9. The number of allylic oxidation sites excluding steroid dienone is 2. The van der Waals surface area contributed by atoms with E-state index in [4.69, 9.17) is 4.74 Å². The van der Waals surface area contributed by atoms with Gasteiger partial charge in [-0.2, -0.15) is 0 Å². The Morgan fingerprint density at radius 1 is 0.774 bits per heavy atom. The average Bonchev–Trinajstić information content (AvgIpc) is 2.75. The predicted molar refractivity (Wildman–Crippen MR) is 128 cm³/mol. The van der Waals surface area contributed by atoms with Crippen LogP contribution >= 0.6 is 0 Å². The van der Waals surface area contributed by atoms with Crippen molar-refractivity contribution in [3.05, 3.63) is 12.2 Å². The summed E-state index contributed by atoms with van der Waals surface area (Å²) in [6, 6.07) is 0. The van der Waals surface area contributed by atoms with E-state index in [0.29, 0.717) is 0 Å². The van der Waals surface area contributed by atoms with Crippen LogP contribution in [-0.4, -0.2) is 39.8 Å². The van der Waals surface area contributed by atoms with Crippen LogP contribution < -0.4 is 0 Å². The Morgan fingerprint density at radius 2 is 1.29 bits per heavy atom. The maximum atomic E-state index is 11.8. The van der Waals surface area contributed by atoms with Crippen molar-refractivity contribution >= 4 is 5.97 Å². The van der Waals surface area contributed by atoms with Gasteiger partial charge in [-0.15, -0.1) is 0 Å². The summed E-state index contributed by atoms with van der Waals surface area (Å²) in [6.07, 6.45) is 17.6. The van der Waals surface area contributed by atoms with Crippen molar-refractivity contribution in [2.45, 2.75) is 142 Å². The fourth-order valence-corrected chi connectivity index (χ4v) is 3.48. The summed E-state index contributed by atoms with van der Waals surface area (Å²) >= 11 is 0. The lowest BCUT2D eigenvalue weighted by molar-refractivity contribution is -0.190. The number of aliphatic hydroxyl groups excluding tert-OH is 3. The first-order valence-corrected chi connectivity index (χ1v) is 12.8. The van der Waals surface area contributed by atoms with Crippen LogP contribution in [0.1, 0.15) is 124 Å². The van der Waals surface area contributed by atoms with E-state index in [2.05, 4.69) is 19.1 Å². The molecule has 0 aromatic rings. The van der Waals surface area contributed by atoms with E-state index in [1.165, 1.54) is 51.4 Å². The van der Waals surface area contributed by atoms with Gasteiger partial charge < -0.3 is 20.1 Å². The Hall–Kier alpha value is -0.910. The highest BCUT2D eigenvalue weighted by Crippen LogP contribution is 2.16. The summed E-state index contributed by atoms with van der Waals surface area (Å²) in [4.78, 5) is 11.8. The van der Waals surface area contributed by atoms with Gasteiger partial charge in [-0.1, -0.05) is 90.7 Å². The van der Waals surface area contributed by atoms with E-state index < -0.39 is 24.5 Å². The quantitative estimate of drug-likeness (QED) is 0.0872. The van der Waals surface area contributed by atoms with Crippen LogP contribution in [0.25, 0.3) is 0 Å². The Kier molecular flexibility index (Phi) is 20.3. The van der Waals surface area contributed by atoms with E-state index in [1.54, 1.807) is 0 Å². The zero-order valence-electron chi connectivity index (χ0n) is 20.4. The van der Waals surface area contributed by atoms with Gasteiger partial charge >= 0.3 is 5.97 Å². The van der Waals surface area contributed by atoms with Crippen molar-refractivity contribution in [1.29, 1.82) is 0 Å². The van der Waals surface area contributed by atoms with Crippen molar-refractivity contribution < 1.29 is 24.9 Å². The van der Waals surface area contributed by atoms with Gasteiger partial charge in [0, 0.05) is 12.8 Å². The fraction of sp³-hybridized carbons (Fsp3) is 0.885. The monoisotopic (exact) mass is 442 g/mol. The predicted octanol–water partition coefficient (Wildman–Crippen LogP) is 6.04. The number of aliphatic hydroxyl groups is 3. The summed E-state index contributed by atoms with van der Waals surface area (Å²) in [5.41, 5.74) is 0. The average molecular weight is 443 g/mol. The molecule has 0 saturated heterocycles. The normalized spacial score (nSPS) is 15.7. The van der Waals surface area contributed by atoms with Crippen molar-refractivity contribution in [3.8, 4) is 0 Å². The molecule has 0 aromatic carbocycles. The third-order valence-corrected chi connectivity index (χ3v) is 6.01. The lowest BCUT2D eigenvalue weighted by atomic mass is 9.97. The van der Waals surface area contributed by atoms with Gasteiger partial charge in [0.05, 0.1) is 6.10 Å². The van der Waals surface area contributed by atoms with Crippen molar-refractivity contribution in [2.24, 2.45) is 5.92 Å². The largest absolute Gasteiger partial charge is 0.433 e. The van der Waals surface area contributed by atoms with Gasteiger partial charge in [-0.05, 0) is 38.0 Å². The van der Waals surface area contributed by atoms with E-state index in [-0.39, 0.29) is 18.8 Å². The minimum absolute atomic E-state index is 0.00312. The highest BCUT2D eigenvalue weighted by atomic mass is 16.6. The molecule has 0 aliphatic heterocycles. The fourth-order valence-electron chi connectivity index (χ4n) is 3.48. The molecule has 184 valence electrons. The number of carbonyl (C=O) groups is 1. The molecule has 0 rings (SSSR count). The van der Waals surface area contributed by atoms with Crippen LogP contribution in [0, 0.1) is 5.92 Å². The molecule has 5 nitrogen and oxygen atoms in total. The molecular weight excluding hydrogens is 392 g/mol. The second-order valence-corrected chi connectivity index (χ2v) is 8.97. The number of hydrogen-bond acceptors (Lipinski definition) is 5. The summed E-state index contributed by atoms with van der Waals surface area (Å²) in [7, 11) is 0. The van der Waals surface area contributed by atoms with Crippen LogP contribution in [-0.2, 0) is 9.53 Å². The molecule has 0 aliphatic carbocycles. The van der Waals surface area contributed by atoms with Crippen LogP contribution in [0.3, 0.4) is 0 Å². The SMILES string of the molecule is CCCCCCCC/C=C\CCCCCCCC(=O)OC(O)C(O)CC(O)C(C)CC. The molecule has 0 aliphatic rings. The molecule has 0 amide bonds. The number of unbranched alkanes of at least 4 members (excludes halogenated alkanes) is 11. The number of esters is 1. The first-order valence-electron chi connectivity index (χ1n) is 12.8. The van der Waals surface area contributed by atoms with Crippen molar-refractivity contribution in [3.63, 3.8) is 0 Å². The summed E-state index contributed by atoms with van der Waals surface area (Å²) in [5.74, 6) is -0.476. The summed E-state index contributed by atoms with van der Waals surface area (Å²) in [6.45, 7) is 6.08. The van der Waals surface area contributed by atoms with Gasteiger partial charge in [0.25, 0.3) is 0 Å². The molecule has 0 spiro atoms. The van der Waals surface area contributed by atoms with E-state index in [9.17, 15) is 20.1 Å². The van der Waals surface area contributed by atoms with Gasteiger partial charge in [0.15, 0.2) is 0 Å². The smallest absolute Gasteiger partial charge is 0.308 e. The zero-order chi connectivity index (χ0) is 23.3. The first kappa shape index (κ1) is 30.1.